The number of amides is 1. The zero-order chi connectivity index (χ0) is 58.6. The molecule has 3 unspecified atom stereocenters. The maximum atomic E-state index is 13.5. The summed E-state index contributed by atoms with van der Waals surface area (Å²) in [6.07, 6.45) is 74.5. The van der Waals surface area contributed by atoms with Crippen LogP contribution in [0.4, 0.5) is 0 Å². The Kier molecular flexibility index (Phi) is 59.0. The molecule has 0 radical (unpaired) electrons. The Morgan fingerprint density at radius 2 is 0.725 bits per heavy atom. The van der Waals surface area contributed by atoms with Crippen molar-refractivity contribution in [3.05, 3.63) is 36.5 Å². The van der Waals surface area contributed by atoms with Crippen molar-refractivity contribution in [2.45, 2.75) is 360 Å². The molecule has 0 fully saturated rings. The fraction of sp³-hybridized carbons (Fsp3) is 0.886. The van der Waals surface area contributed by atoms with Crippen LogP contribution in [-0.4, -0.2) is 74.3 Å². The quantitative estimate of drug-likeness (QED) is 0.0205. The van der Waals surface area contributed by atoms with Gasteiger partial charge >= 0.3 is 13.8 Å². The highest BCUT2D eigenvalue weighted by Crippen LogP contribution is 2.43. The highest BCUT2D eigenvalue weighted by atomic mass is 31.2. The number of likely N-dealkylation sites (N-methyl/N-ethyl adjacent to an activating group) is 1. The van der Waals surface area contributed by atoms with Gasteiger partial charge in [0.15, 0.2) is 0 Å². The van der Waals surface area contributed by atoms with Gasteiger partial charge in [-0.25, -0.2) is 4.57 Å². The van der Waals surface area contributed by atoms with Gasteiger partial charge in [-0.1, -0.05) is 289 Å². The summed E-state index contributed by atoms with van der Waals surface area (Å²) in [4.78, 5) is 37.8. The summed E-state index contributed by atoms with van der Waals surface area (Å²) in [7, 11) is 1.50. The minimum atomic E-state index is -4.45. The molecule has 0 bridgehead atoms. The predicted octanol–water partition coefficient (Wildman–Crippen LogP) is 21.8. The third-order valence-corrected chi connectivity index (χ3v) is 16.8. The Morgan fingerprint density at radius 1 is 0.425 bits per heavy atom. The van der Waals surface area contributed by atoms with E-state index >= 15 is 0 Å². The topological polar surface area (TPSA) is 111 Å². The van der Waals surface area contributed by atoms with E-state index in [2.05, 4.69) is 50.4 Å². The molecule has 0 heterocycles. The van der Waals surface area contributed by atoms with Crippen molar-refractivity contribution >= 4 is 19.7 Å². The third-order valence-electron chi connectivity index (χ3n) is 15.8. The van der Waals surface area contributed by atoms with Gasteiger partial charge in [0.1, 0.15) is 19.3 Å². The first-order valence-corrected chi connectivity index (χ1v) is 36.3. The Balaban J connectivity index is 5.01. The fourth-order valence-corrected chi connectivity index (χ4v) is 11.1. The number of esters is 1. The number of carbonyl (C=O) groups excluding carboxylic acids is 2. The van der Waals surface area contributed by atoms with E-state index in [0.717, 1.165) is 70.6 Å². The van der Waals surface area contributed by atoms with Gasteiger partial charge in [-0.15, -0.1) is 0 Å². The number of nitrogens with zero attached hydrogens (tertiary/aromatic N) is 1. The average Bonchev–Trinajstić information content (AvgIpc) is 3.42. The number of carbonyl (C=O) groups is 2. The Morgan fingerprint density at radius 3 is 1.07 bits per heavy atom. The van der Waals surface area contributed by atoms with Crippen LogP contribution < -0.4 is 5.32 Å². The van der Waals surface area contributed by atoms with E-state index in [1.54, 1.807) is 0 Å². The predicted molar refractivity (Wildman–Crippen MR) is 346 cm³/mol. The molecule has 0 aromatic rings. The summed E-state index contributed by atoms with van der Waals surface area (Å²) < 4.78 is 30.8. The van der Waals surface area contributed by atoms with Crippen molar-refractivity contribution in [3.8, 4) is 0 Å². The van der Waals surface area contributed by atoms with Crippen molar-refractivity contribution in [2.75, 3.05) is 40.9 Å². The molecular weight excluding hydrogens is 1010 g/mol. The second kappa shape index (κ2) is 60.4. The molecule has 0 saturated carbocycles. The summed E-state index contributed by atoms with van der Waals surface area (Å²) in [6.45, 7) is 7.04. The number of rotatable bonds is 64. The Bertz CT molecular complexity index is 1460. The fourth-order valence-electron chi connectivity index (χ4n) is 10.4. The van der Waals surface area contributed by atoms with E-state index in [-0.39, 0.29) is 25.1 Å². The second-order valence-corrected chi connectivity index (χ2v) is 26.5. The molecule has 0 aromatic heterocycles. The highest BCUT2D eigenvalue weighted by Gasteiger charge is 2.30. The van der Waals surface area contributed by atoms with Crippen molar-refractivity contribution in [3.63, 3.8) is 0 Å². The molecule has 0 spiro atoms. The monoisotopic (exact) mass is 1150 g/mol. The zero-order valence-electron chi connectivity index (χ0n) is 54.1. The molecule has 0 aliphatic rings. The number of hydrogen-bond donors (Lipinski definition) is 2. The second-order valence-electron chi connectivity index (χ2n) is 25.0. The minimum absolute atomic E-state index is 0.0401. The summed E-state index contributed by atoms with van der Waals surface area (Å²) in [5, 5.41) is 3.06. The number of nitrogens with one attached hydrogen (secondary N) is 1. The standard InChI is InChI=1S/C70H135N2O7P/c1-7-10-13-16-19-22-25-28-30-31-32-33-34-35-36-37-38-39-40-41-42-45-48-51-54-57-60-63-70(74)79-68(61-58-55-52-49-46-43-27-24-21-18-15-12-9-3)67(66-78-80(75,76)77-65-64-72(4,5)6)71-69(73)62-59-56-53-50-47-44-29-26-23-20-17-14-11-8-2/h28,30,44,47,58,61,67-68H,7-27,29,31-43,45-46,48-57,59-60,62-66H2,1-6H3,(H-,71,73,75,76)/p+1/b30-28+,47-44-,61-58-. The van der Waals surface area contributed by atoms with Gasteiger partial charge < -0.3 is 19.4 Å². The first-order valence-electron chi connectivity index (χ1n) is 34.8. The van der Waals surface area contributed by atoms with Crippen LogP contribution >= 0.6 is 7.82 Å². The Labute approximate surface area is 497 Å². The summed E-state index contributed by atoms with van der Waals surface area (Å²) in [5.74, 6) is -0.507. The van der Waals surface area contributed by atoms with Gasteiger partial charge in [0.25, 0.3) is 0 Å². The number of phosphoric acid groups is 1. The maximum absolute atomic E-state index is 13.5. The summed E-state index contributed by atoms with van der Waals surface area (Å²) in [6, 6.07) is -0.853. The van der Waals surface area contributed by atoms with Gasteiger partial charge in [-0.3, -0.25) is 18.6 Å². The molecule has 0 aromatic carbocycles. The smallest absolute Gasteiger partial charge is 0.456 e. The van der Waals surface area contributed by atoms with Crippen LogP contribution in [0, 0.1) is 0 Å². The SMILES string of the molecule is CCCCCCCC/C=C/CCCCCCCCCCCCCCCCCCCC(=O)OC(/C=C\CCCCCCCCCCCCC)C(COP(=O)(O)OCC[N+](C)(C)C)NC(=O)CCCCC/C=C\CCCCCCCCC. The van der Waals surface area contributed by atoms with Gasteiger partial charge in [0.05, 0.1) is 33.8 Å². The van der Waals surface area contributed by atoms with Crippen LogP contribution in [0.2, 0.25) is 0 Å². The lowest BCUT2D eigenvalue weighted by Gasteiger charge is -2.27. The molecule has 2 N–H and O–H groups in total. The molecule has 3 atom stereocenters. The van der Waals surface area contributed by atoms with Gasteiger partial charge in [-0.05, 0) is 83.1 Å². The van der Waals surface area contributed by atoms with Gasteiger partial charge in [-0.2, -0.15) is 0 Å². The minimum Gasteiger partial charge on any atom is -0.456 e. The van der Waals surface area contributed by atoms with E-state index in [0.29, 0.717) is 23.9 Å². The van der Waals surface area contributed by atoms with Crippen molar-refractivity contribution in [1.29, 1.82) is 0 Å². The van der Waals surface area contributed by atoms with E-state index in [1.807, 2.05) is 33.3 Å². The largest absolute Gasteiger partial charge is 0.472 e. The lowest BCUT2D eigenvalue weighted by Crippen LogP contribution is -2.47. The van der Waals surface area contributed by atoms with Crippen molar-refractivity contribution in [1.82, 2.24) is 5.32 Å². The lowest BCUT2D eigenvalue weighted by atomic mass is 10.0. The lowest BCUT2D eigenvalue weighted by molar-refractivity contribution is -0.870. The van der Waals surface area contributed by atoms with Crippen LogP contribution in [-0.2, 0) is 27.9 Å². The number of quaternary nitrogens is 1. The van der Waals surface area contributed by atoms with Crippen LogP contribution in [0.25, 0.3) is 0 Å². The molecule has 0 aliphatic carbocycles. The van der Waals surface area contributed by atoms with E-state index in [1.165, 1.54) is 244 Å². The van der Waals surface area contributed by atoms with Crippen LogP contribution in [0.1, 0.15) is 348 Å². The molecule has 0 aliphatic heterocycles. The van der Waals surface area contributed by atoms with E-state index in [9.17, 15) is 19.0 Å². The van der Waals surface area contributed by atoms with Crippen molar-refractivity contribution < 1.29 is 37.3 Å². The first-order chi connectivity index (χ1) is 38.9. The highest BCUT2D eigenvalue weighted by molar-refractivity contribution is 7.47. The normalized spacial score (nSPS) is 13.7. The maximum Gasteiger partial charge on any atom is 0.472 e. The first kappa shape index (κ1) is 78.2. The molecule has 10 heteroatoms. The van der Waals surface area contributed by atoms with E-state index < -0.39 is 20.0 Å². The summed E-state index contributed by atoms with van der Waals surface area (Å²) >= 11 is 0. The van der Waals surface area contributed by atoms with Crippen LogP contribution in [0.15, 0.2) is 36.5 Å². The van der Waals surface area contributed by atoms with Crippen LogP contribution in [0.5, 0.6) is 0 Å². The number of phosphoric ester groups is 1. The molecule has 472 valence electrons. The number of ether oxygens (including phenoxy) is 1. The van der Waals surface area contributed by atoms with Gasteiger partial charge in [0, 0.05) is 12.8 Å². The van der Waals surface area contributed by atoms with Crippen LogP contribution in [0.3, 0.4) is 0 Å². The zero-order valence-corrected chi connectivity index (χ0v) is 55.0. The summed E-state index contributed by atoms with van der Waals surface area (Å²) in [5.41, 5.74) is 0. The van der Waals surface area contributed by atoms with E-state index in [4.69, 9.17) is 13.8 Å². The molecule has 0 rings (SSSR count). The number of unbranched alkanes of at least 4 members (excludes halogenated alkanes) is 44. The molecular formula is C70H136N2O7P+. The Hall–Kier alpha value is -1.77. The van der Waals surface area contributed by atoms with Crippen molar-refractivity contribution in [2.24, 2.45) is 0 Å². The average molecular weight is 1150 g/mol. The molecule has 80 heavy (non-hydrogen) atoms. The van der Waals surface area contributed by atoms with Gasteiger partial charge in [0.2, 0.25) is 5.91 Å². The molecule has 1 amide bonds. The molecule has 0 saturated heterocycles. The molecule has 9 nitrogen and oxygen atoms in total. The third kappa shape index (κ3) is 60.8. The number of hydrogen-bond acceptors (Lipinski definition) is 6. The number of allylic oxidation sites excluding steroid dienone is 5.